The highest BCUT2D eigenvalue weighted by Gasteiger charge is 2.29. The van der Waals surface area contributed by atoms with Crippen molar-refractivity contribution in [2.75, 3.05) is 18.5 Å². The van der Waals surface area contributed by atoms with Gasteiger partial charge in [-0.25, -0.2) is 0 Å². The Kier molecular flexibility index (Phi) is 4.21. The molecule has 0 radical (unpaired) electrons. The lowest BCUT2D eigenvalue weighted by molar-refractivity contribution is -0.384. The fourth-order valence-corrected chi connectivity index (χ4v) is 1.91. The lowest BCUT2D eigenvalue weighted by Crippen LogP contribution is -2.21. The first kappa shape index (κ1) is 13.6. The Morgan fingerprint density at radius 2 is 2.26 bits per heavy atom. The van der Waals surface area contributed by atoms with Crippen molar-refractivity contribution in [3.8, 4) is 5.75 Å². The van der Waals surface area contributed by atoms with E-state index >= 15 is 0 Å². The molecule has 0 saturated heterocycles. The van der Waals surface area contributed by atoms with E-state index in [0.717, 1.165) is 12.8 Å². The highest BCUT2D eigenvalue weighted by Crippen LogP contribution is 2.33. The van der Waals surface area contributed by atoms with E-state index in [1.165, 1.54) is 12.1 Å². The molecule has 0 spiro atoms. The Bertz CT molecular complexity index is 460. The molecule has 2 N–H and O–H groups in total. The minimum absolute atomic E-state index is 0.0191. The second-order valence-corrected chi connectivity index (χ2v) is 4.69. The maximum atomic E-state index is 10.8. The molecule has 6 nitrogen and oxygen atoms in total. The fraction of sp³-hybridized carbons (Fsp3) is 0.538. The van der Waals surface area contributed by atoms with Gasteiger partial charge in [-0.15, -0.1) is 0 Å². The summed E-state index contributed by atoms with van der Waals surface area (Å²) in [5.74, 6) is 0.831. The van der Waals surface area contributed by atoms with Gasteiger partial charge < -0.3 is 15.2 Å². The minimum Gasteiger partial charge on any atom is -0.494 e. The summed E-state index contributed by atoms with van der Waals surface area (Å²) >= 11 is 0. The molecule has 1 aromatic rings. The van der Waals surface area contributed by atoms with E-state index in [4.69, 9.17) is 4.74 Å². The predicted molar refractivity (Wildman–Crippen MR) is 71.5 cm³/mol. The third-order valence-corrected chi connectivity index (χ3v) is 3.09. The van der Waals surface area contributed by atoms with Gasteiger partial charge in [0.2, 0.25) is 0 Å². The molecule has 1 saturated carbocycles. The topological polar surface area (TPSA) is 84.6 Å². The molecule has 1 unspecified atom stereocenters. The number of benzene rings is 1. The van der Waals surface area contributed by atoms with Crippen molar-refractivity contribution in [3.05, 3.63) is 28.3 Å². The number of rotatable bonds is 7. The lowest BCUT2D eigenvalue weighted by atomic mass is 10.2. The number of hydrogen-bond acceptors (Lipinski definition) is 5. The summed E-state index contributed by atoms with van der Waals surface area (Å²) in [5.41, 5.74) is 0.576. The smallest absolute Gasteiger partial charge is 0.275 e. The van der Waals surface area contributed by atoms with Gasteiger partial charge in [-0.3, -0.25) is 10.1 Å². The zero-order valence-electron chi connectivity index (χ0n) is 10.8. The van der Waals surface area contributed by atoms with Crippen molar-refractivity contribution in [1.29, 1.82) is 0 Å². The summed E-state index contributed by atoms with van der Waals surface area (Å²) in [6.45, 7) is 2.67. The summed E-state index contributed by atoms with van der Waals surface area (Å²) in [4.78, 5) is 10.4. The van der Waals surface area contributed by atoms with E-state index in [1.807, 2.05) is 6.92 Å². The Morgan fingerprint density at radius 1 is 1.53 bits per heavy atom. The van der Waals surface area contributed by atoms with Crippen LogP contribution in [0.5, 0.6) is 5.75 Å². The highest BCUT2D eigenvalue weighted by molar-refractivity contribution is 5.56. The van der Waals surface area contributed by atoms with Crippen LogP contribution in [0.2, 0.25) is 0 Å². The fourth-order valence-electron chi connectivity index (χ4n) is 1.91. The van der Waals surface area contributed by atoms with Crippen molar-refractivity contribution in [1.82, 2.24) is 0 Å². The van der Waals surface area contributed by atoms with E-state index in [9.17, 15) is 15.2 Å². The van der Waals surface area contributed by atoms with Crippen LogP contribution in [-0.2, 0) is 0 Å². The van der Waals surface area contributed by atoms with Gasteiger partial charge in [0.15, 0.2) is 0 Å². The van der Waals surface area contributed by atoms with Crippen molar-refractivity contribution < 1.29 is 14.8 Å². The van der Waals surface area contributed by atoms with Crippen LogP contribution in [0.15, 0.2) is 18.2 Å². The summed E-state index contributed by atoms with van der Waals surface area (Å²) in [6.07, 6.45) is 1.72. The number of aliphatic hydroxyl groups is 1. The number of nitro groups is 1. The van der Waals surface area contributed by atoms with E-state index in [-0.39, 0.29) is 5.69 Å². The van der Waals surface area contributed by atoms with Gasteiger partial charge in [0, 0.05) is 24.4 Å². The van der Waals surface area contributed by atoms with E-state index in [2.05, 4.69) is 5.32 Å². The third kappa shape index (κ3) is 3.82. The van der Waals surface area contributed by atoms with E-state index in [1.54, 1.807) is 6.07 Å². The van der Waals surface area contributed by atoms with Gasteiger partial charge in [-0.1, -0.05) is 0 Å². The molecule has 1 aromatic carbocycles. The maximum absolute atomic E-state index is 10.8. The van der Waals surface area contributed by atoms with Gasteiger partial charge >= 0.3 is 0 Å². The molecule has 6 heteroatoms. The average Bonchev–Trinajstić information content (AvgIpc) is 3.20. The molecular formula is C13H18N2O4. The standard InChI is InChI=1S/C13H18N2O4/c1-2-19-12-6-10(5-11(7-12)15(17)18)14-8-13(16)9-3-4-9/h5-7,9,13-14,16H,2-4,8H2,1H3. The molecule has 1 fully saturated rings. The number of non-ortho nitro benzene ring substituents is 1. The highest BCUT2D eigenvalue weighted by atomic mass is 16.6. The monoisotopic (exact) mass is 266 g/mol. The Labute approximate surface area is 111 Å². The number of nitro benzene ring substituents is 1. The van der Waals surface area contributed by atoms with Crippen LogP contribution in [0, 0.1) is 16.0 Å². The van der Waals surface area contributed by atoms with Crippen LogP contribution in [0.3, 0.4) is 0 Å². The van der Waals surface area contributed by atoms with Crippen LogP contribution < -0.4 is 10.1 Å². The number of nitrogens with one attached hydrogen (secondary N) is 1. The molecule has 0 amide bonds. The summed E-state index contributed by atoms with van der Waals surface area (Å²) in [7, 11) is 0. The number of nitrogens with zero attached hydrogens (tertiary/aromatic N) is 1. The third-order valence-electron chi connectivity index (χ3n) is 3.09. The number of anilines is 1. The molecule has 0 bridgehead atoms. The maximum Gasteiger partial charge on any atom is 0.275 e. The van der Waals surface area contributed by atoms with Crippen molar-refractivity contribution >= 4 is 11.4 Å². The summed E-state index contributed by atoms with van der Waals surface area (Å²) in [6, 6.07) is 4.55. The van der Waals surface area contributed by atoms with Crippen LogP contribution in [-0.4, -0.2) is 29.3 Å². The molecule has 1 aliphatic carbocycles. The van der Waals surface area contributed by atoms with Gasteiger partial charge in [-0.2, -0.15) is 0 Å². The molecular weight excluding hydrogens is 248 g/mol. The van der Waals surface area contributed by atoms with Gasteiger partial charge in [0.25, 0.3) is 5.69 Å². The zero-order valence-corrected chi connectivity index (χ0v) is 10.8. The van der Waals surface area contributed by atoms with Crippen LogP contribution in [0.1, 0.15) is 19.8 Å². The predicted octanol–water partition coefficient (Wildman–Crippen LogP) is 2.18. The molecule has 0 aromatic heterocycles. The minimum atomic E-state index is -0.453. The first-order valence-electron chi connectivity index (χ1n) is 6.44. The molecule has 0 aliphatic heterocycles. The normalized spacial score (nSPS) is 15.9. The van der Waals surface area contributed by atoms with E-state index in [0.29, 0.717) is 30.5 Å². The van der Waals surface area contributed by atoms with Crippen LogP contribution in [0.4, 0.5) is 11.4 Å². The van der Waals surface area contributed by atoms with Crippen LogP contribution in [0.25, 0.3) is 0 Å². The molecule has 0 heterocycles. The van der Waals surface area contributed by atoms with Gasteiger partial charge in [0.05, 0.1) is 23.7 Å². The molecule has 1 aliphatic rings. The Hall–Kier alpha value is -1.82. The molecule has 2 rings (SSSR count). The van der Waals surface area contributed by atoms with Crippen molar-refractivity contribution in [3.63, 3.8) is 0 Å². The number of aliphatic hydroxyl groups excluding tert-OH is 1. The summed E-state index contributed by atoms with van der Waals surface area (Å²) < 4.78 is 5.30. The Balaban J connectivity index is 2.06. The van der Waals surface area contributed by atoms with Crippen LogP contribution >= 0.6 is 0 Å². The second kappa shape index (κ2) is 5.88. The molecule has 104 valence electrons. The van der Waals surface area contributed by atoms with Crippen molar-refractivity contribution in [2.45, 2.75) is 25.9 Å². The SMILES string of the molecule is CCOc1cc(NCC(O)C2CC2)cc([N+](=O)[O-])c1. The van der Waals surface area contributed by atoms with E-state index < -0.39 is 11.0 Å². The molecule has 1 atom stereocenters. The number of hydrogen-bond donors (Lipinski definition) is 2. The first-order chi connectivity index (χ1) is 9.10. The number of ether oxygens (including phenoxy) is 1. The first-order valence-corrected chi connectivity index (χ1v) is 6.44. The quantitative estimate of drug-likeness (QED) is 0.583. The largest absolute Gasteiger partial charge is 0.494 e. The average molecular weight is 266 g/mol. The molecule has 19 heavy (non-hydrogen) atoms. The lowest BCUT2D eigenvalue weighted by Gasteiger charge is -2.12. The Morgan fingerprint density at radius 3 is 2.84 bits per heavy atom. The zero-order chi connectivity index (χ0) is 13.8. The second-order valence-electron chi connectivity index (χ2n) is 4.69. The van der Waals surface area contributed by atoms with Gasteiger partial charge in [0.1, 0.15) is 5.75 Å². The summed E-state index contributed by atoms with van der Waals surface area (Å²) in [5, 5.41) is 23.6. The van der Waals surface area contributed by atoms with Crippen molar-refractivity contribution in [2.24, 2.45) is 5.92 Å². The van der Waals surface area contributed by atoms with Gasteiger partial charge in [-0.05, 0) is 25.7 Å².